The Morgan fingerprint density at radius 1 is 1.07 bits per heavy atom. The van der Waals surface area contributed by atoms with E-state index >= 15 is 0 Å². The lowest BCUT2D eigenvalue weighted by Gasteiger charge is -2.25. The van der Waals surface area contributed by atoms with Crippen molar-refractivity contribution in [2.24, 2.45) is 0 Å². The second kappa shape index (κ2) is 9.51. The van der Waals surface area contributed by atoms with Gasteiger partial charge in [-0.05, 0) is 62.2 Å². The van der Waals surface area contributed by atoms with E-state index < -0.39 is 0 Å². The predicted octanol–water partition coefficient (Wildman–Crippen LogP) is 3.93. The van der Waals surface area contributed by atoms with E-state index in [0.29, 0.717) is 26.2 Å². The molecule has 0 unspecified atom stereocenters. The predicted molar refractivity (Wildman–Crippen MR) is 106 cm³/mol. The van der Waals surface area contributed by atoms with Crippen molar-refractivity contribution in [1.29, 1.82) is 0 Å². The number of hydrogen-bond donors (Lipinski definition) is 0. The van der Waals surface area contributed by atoms with Crippen LogP contribution in [0.1, 0.15) is 29.2 Å². The summed E-state index contributed by atoms with van der Waals surface area (Å²) in [6, 6.07) is 10.6. The molecule has 0 spiro atoms. The fourth-order valence-electron chi connectivity index (χ4n) is 3.38. The topological polar surface area (TPSA) is 32.8 Å². The normalized spacial score (nSPS) is 10.9. The first-order chi connectivity index (χ1) is 12.8. The molecule has 0 aliphatic carbocycles. The molecule has 2 aromatic rings. The number of methoxy groups -OCH3 is 1. The second-order valence-electron chi connectivity index (χ2n) is 6.97. The lowest BCUT2D eigenvalue weighted by atomic mass is 10.1. The number of carbonyl (C=O) groups is 1. The van der Waals surface area contributed by atoms with Gasteiger partial charge in [0.25, 0.3) is 0 Å². The van der Waals surface area contributed by atoms with E-state index in [9.17, 15) is 9.18 Å². The molecule has 4 nitrogen and oxygen atoms in total. The summed E-state index contributed by atoms with van der Waals surface area (Å²) in [5.74, 6) is 0.661. The fourth-order valence-corrected chi connectivity index (χ4v) is 3.38. The molecule has 1 amide bonds. The third-order valence-electron chi connectivity index (χ3n) is 4.58. The summed E-state index contributed by atoms with van der Waals surface area (Å²) < 4.78 is 18.8. The number of likely N-dealkylation sites (N-methyl/N-ethyl adjacent to an activating group) is 2. The highest BCUT2D eigenvalue weighted by molar-refractivity contribution is 5.78. The molecule has 0 atom stereocenters. The monoisotopic (exact) mass is 372 g/mol. The van der Waals surface area contributed by atoms with Gasteiger partial charge in [0.15, 0.2) is 0 Å². The molecule has 2 rings (SSSR count). The van der Waals surface area contributed by atoms with E-state index in [0.717, 1.165) is 28.0 Å². The highest BCUT2D eigenvalue weighted by Crippen LogP contribution is 2.24. The van der Waals surface area contributed by atoms with Gasteiger partial charge < -0.3 is 9.64 Å². The van der Waals surface area contributed by atoms with Crippen molar-refractivity contribution in [2.45, 2.75) is 33.9 Å². The molecule has 0 N–H and O–H groups in total. The van der Waals surface area contributed by atoms with Gasteiger partial charge in [0.2, 0.25) is 5.91 Å². The summed E-state index contributed by atoms with van der Waals surface area (Å²) in [4.78, 5) is 16.4. The van der Waals surface area contributed by atoms with Gasteiger partial charge in [-0.2, -0.15) is 0 Å². The minimum absolute atomic E-state index is 0.0335. The van der Waals surface area contributed by atoms with Crippen LogP contribution in [0.15, 0.2) is 36.4 Å². The van der Waals surface area contributed by atoms with Crippen molar-refractivity contribution < 1.29 is 13.9 Å². The van der Waals surface area contributed by atoms with Crippen LogP contribution in [0.3, 0.4) is 0 Å². The summed E-state index contributed by atoms with van der Waals surface area (Å²) in [7, 11) is 3.61. The number of aryl methyl sites for hydroxylation is 2. The zero-order chi connectivity index (χ0) is 20.0. The summed E-state index contributed by atoms with van der Waals surface area (Å²) in [5, 5.41) is 0. The van der Waals surface area contributed by atoms with E-state index in [1.54, 1.807) is 18.1 Å². The summed E-state index contributed by atoms with van der Waals surface area (Å²) in [6.07, 6.45) is 0. The van der Waals surface area contributed by atoms with Crippen molar-refractivity contribution in [3.8, 4) is 5.75 Å². The highest BCUT2D eigenvalue weighted by Gasteiger charge is 2.15. The Balaban J connectivity index is 1.99. The largest absolute Gasteiger partial charge is 0.496 e. The van der Waals surface area contributed by atoms with E-state index in [2.05, 4.69) is 12.1 Å². The van der Waals surface area contributed by atoms with Crippen molar-refractivity contribution in [2.75, 3.05) is 27.2 Å². The summed E-state index contributed by atoms with van der Waals surface area (Å²) >= 11 is 0. The minimum atomic E-state index is -0.279. The van der Waals surface area contributed by atoms with Gasteiger partial charge in [0, 0.05) is 19.6 Å². The molecule has 2 aromatic carbocycles. The number of ether oxygens (including phenoxy) is 1. The Kier molecular flexibility index (Phi) is 7.36. The van der Waals surface area contributed by atoms with Gasteiger partial charge in [0.05, 0.1) is 13.7 Å². The molecule has 0 saturated heterocycles. The third kappa shape index (κ3) is 5.79. The molecule has 5 heteroatoms. The molecular formula is C22H29FN2O2. The summed E-state index contributed by atoms with van der Waals surface area (Å²) in [5.41, 5.74) is 4.13. The van der Waals surface area contributed by atoms with Crippen LogP contribution >= 0.6 is 0 Å². The minimum Gasteiger partial charge on any atom is -0.496 e. The van der Waals surface area contributed by atoms with E-state index in [1.165, 1.54) is 12.1 Å². The molecule has 27 heavy (non-hydrogen) atoms. The van der Waals surface area contributed by atoms with Gasteiger partial charge in [-0.1, -0.05) is 24.3 Å². The SMILES string of the molecule is CCN(Cc1cccc(F)c1)C(=O)CN(C)Cc1cc(C)c(OC)c(C)c1. The first-order valence-electron chi connectivity index (χ1n) is 9.19. The second-order valence-corrected chi connectivity index (χ2v) is 6.97. The van der Waals surface area contributed by atoms with Crippen LogP contribution in [0.25, 0.3) is 0 Å². The quantitative estimate of drug-likeness (QED) is 0.704. The molecular weight excluding hydrogens is 343 g/mol. The Morgan fingerprint density at radius 2 is 1.74 bits per heavy atom. The van der Waals surface area contributed by atoms with E-state index in [4.69, 9.17) is 4.74 Å². The third-order valence-corrected chi connectivity index (χ3v) is 4.58. The van der Waals surface area contributed by atoms with E-state index in [1.807, 2.05) is 38.8 Å². The van der Waals surface area contributed by atoms with E-state index in [-0.39, 0.29) is 11.7 Å². The molecule has 0 bridgehead atoms. The maximum Gasteiger partial charge on any atom is 0.237 e. The van der Waals surface area contributed by atoms with Crippen LogP contribution in [0.2, 0.25) is 0 Å². The molecule has 0 aliphatic rings. The Bertz CT molecular complexity index is 769. The van der Waals surface area contributed by atoms with Gasteiger partial charge in [-0.15, -0.1) is 0 Å². The first-order valence-corrected chi connectivity index (χ1v) is 9.19. The number of halogens is 1. The lowest BCUT2D eigenvalue weighted by molar-refractivity contribution is -0.132. The van der Waals surface area contributed by atoms with Crippen LogP contribution < -0.4 is 4.74 Å². The van der Waals surface area contributed by atoms with Crippen molar-refractivity contribution >= 4 is 5.91 Å². The number of amides is 1. The molecule has 0 saturated carbocycles. The molecule has 0 fully saturated rings. The smallest absolute Gasteiger partial charge is 0.237 e. The van der Waals surface area contributed by atoms with Crippen molar-refractivity contribution in [1.82, 2.24) is 9.80 Å². The molecule has 0 radical (unpaired) electrons. The van der Waals surface area contributed by atoms with Gasteiger partial charge in [-0.3, -0.25) is 9.69 Å². The number of hydrogen-bond acceptors (Lipinski definition) is 3. The van der Waals surface area contributed by atoms with Gasteiger partial charge >= 0.3 is 0 Å². The van der Waals surface area contributed by atoms with Gasteiger partial charge in [-0.25, -0.2) is 4.39 Å². The number of carbonyl (C=O) groups excluding carboxylic acids is 1. The number of rotatable bonds is 8. The van der Waals surface area contributed by atoms with Crippen LogP contribution in [0.4, 0.5) is 4.39 Å². The lowest BCUT2D eigenvalue weighted by Crippen LogP contribution is -2.38. The molecule has 146 valence electrons. The Morgan fingerprint density at radius 3 is 2.30 bits per heavy atom. The average Bonchev–Trinajstić information content (AvgIpc) is 2.59. The van der Waals surface area contributed by atoms with Crippen LogP contribution in [0.5, 0.6) is 5.75 Å². The Hall–Kier alpha value is -2.40. The zero-order valence-corrected chi connectivity index (χ0v) is 16.9. The van der Waals surface area contributed by atoms with Gasteiger partial charge in [0.1, 0.15) is 11.6 Å². The standard InChI is InChI=1S/C22H29FN2O2/c1-6-25(14-18-8-7-9-20(23)12-18)21(26)15-24(4)13-19-10-16(2)22(27-5)17(3)11-19/h7-12H,6,13-15H2,1-5H3. The first kappa shape index (κ1) is 20.9. The molecule has 0 aliphatic heterocycles. The average molecular weight is 372 g/mol. The van der Waals surface area contributed by atoms with Crippen molar-refractivity contribution in [3.63, 3.8) is 0 Å². The highest BCUT2D eigenvalue weighted by atomic mass is 19.1. The fraction of sp³-hybridized carbons (Fsp3) is 0.409. The van der Waals surface area contributed by atoms with Crippen molar-refractivity contribution in [3.05, 3.63) is 64.5 Å². The maximum absolute atomic E-state index is 13.4. The molecule has 0 heterocycles. The van der Waals surface area contributed by atoms with Crippen LogP contribution in [0, 0.1) is 19.7 Å². The van der Waals surface area contributed by atoms with Crippen LogP contribution in [-0.4, -0.2) is 43.0 Å². The molecule has 0 aromatic heterocycles. The number of nitrogens with zero attached hydrogens (tertiary/aromatic N) is 2. The summed E-state index contributed by atoms with van der Waals surface area (Å²) in [6.45, 7) is 7.98. The van der Waals surface area contributed by atoms with Crippen LogP contribution in [-0.2, 0) is 17.9 Å². The maximum atomic E-state index is 13.4. The zero-order valence-electron chi connectivity index (χ0n) is 16.9. The Labute approximate surface area is 161 Å². The number of benzene rings is 2.